The average Bonchev–Trinajstić information content (AvgIpc) is 2.93. The van der Waals surface area contributed by atoms with Crippen LogP contribution in [0.25, 0.3) is 0 Å². The molecule has 0 aromatic heterocycles. The van der Waals surface area contributed by atoms with E-state index >= 15 is 0 Å². The zero-order chi connectivity index (χ0) is 32.7. The molecule has 5 fully saturated rings. The molecule has 0 aromatic rings. The maximum Gasteiger partial charge on any atom is 0.268 e. The van der Waals surface area contributed by atoms with Crippen LogP contribution in [0.3, 0.4) is 0 Å². The van der Waals surface area contributed by atoms with Gasteiger partial charge in [-0.2, -0.15) is 25.3 Å². The number of hydrogen-bond acceptors (Lipinski definition) is 16. The third kappa shape index (κ3) is 9.05. The fraction of sp³-hybridized carbons (Fsp3) is 1.00. The number of aliphatic hydroxyl groups is 1. The van der Waals surface area contributed by atoms with Crippen molar-refractivity contribution in [3.05, 3.63) is 0 Å². The molecule has 45 heavy (non-hydrogen) atoms. The highest BCUT2D eigenvalue weighted by atomic mass is 32.2. The summed E-state index contributed by atoms with van der Waals surface area (Å²) in [5.41, 5.74) is 0. The van der Waals surface area contributed by atoms with Gasteiger partial charge in [-0.25, -0.2) is 5.26 Å². The van der Waals surface area contributed by atoms with Crippen molar-refractivity contribution >= 4 is 42.4 Å². The molecule has 262 valence electrons. The van der Waals surface area contributed by atoms with Gasteiger partial charge in [-0.1, -0.05) is 5.04 Å². The van der Waals surface area contributed by atoms with E-state index in [9.17, 15) is 44.0 Å². The highest BCUT2D eigenvalue weighted by Crippen LogP contribution is 2.47. The van der Waals surface area contributed by atoms with E-state index in [2.05, 4.69) is 36.0 Å². The smallest absolute Gasteiger partial charge is 0.268 e. The quantitative estimate of drug-likeness (QED) is 0.0568. The Morgan fingerprint density at radius 1 is 0.644 bits per heavy atom. The Kier molecular flexibility index (Phi) is 11.4. The summed E-state index contributed by atoms with van der Waals surface area (Å²) < 4.78 is 106. The second-order valence-corrected chi connectivity index (χ2v) is 19.0. The second kappa shape index (κ2) is 14.3. The minimum Gasteiger partial charge on any atom is -0.365 e. The molecule has 1 aliphatic heterocycles. The maximum absolute atomic E-state index is 12.2. The van der Waals surface area contributed by atoms with Crippen LogP contribution in [0.5, 0.6) is 0 Å². The van der Waals surface area contributed by atoms with Gasteiger partial charge in [-0.05, 0) is 87.9 Å². The first-order valence-electron chi connectivity index (χ1n) is 15.0. The Balaban J connectivity index is 1.18. The first-order chi connectivity index (χ1) is 21.0. The van der Waals surface area contributed by atoms with Crippen LogP contribution in [0, 0.1) is 23.7 Å². The van der Waals surface area contributed by atoms with Crippen molar-refractivity contribution in [2.75, 3.05) is 0 Å². The number of fused-ring (bicyclic) bond motifs is 2. The lowest BCUT2D eigenvalue weighted by atomic mass is 9.69. The Morgan fingerprint density at radius 3 is 1.64 bits per heavy atom. The molecule has 5 aliphatic rings. The van der Waals surface area contributed by atoms with Gasteiger partial charge in [0.1, 0.15) is 12.6 Å². The lowest BCUT2D eigenvalue weighted by Crippen LogP contribution is -2.76. The highest BCUT2D eigenvalue weighted by Gasteiger charge is 2.50. The molecule has 13 atom stereocenters. The van der Waals surface area contributed by atoms with Crippen LogP contribution >= 0.6 is 12.0 Å². The Labute approximate surface area is 266 Å². The molecule has 10 N–H and O–H groups in total. The summed E-state index contributed by atoms with van der Waals surface area (Å²) in [6.45, 7) is 0. The standard InChI is InChI=1S/C23H43N5O13S4/c29-23-27-21(24-13-1-3-17-11(5-13)7-15(42-41-40-30)9-19(17)44(34,35)36)26-22(28-23)25-14-2-4-18-12(6-14)8-16(43(31,32)33)10-20(18)45(37,38)39/h11-30H,1-10H2,(H,31,32,33)(H,34,35,36)(H,37,38,39). The summed E-state index contributed by atoms with van der Waals surface area (Å²) >= 11 is 0.809. The van der Waals surface area contributed by atoms with E-state index in [1.807, 2.05) is 0 Å². The summed E-state index contributed by atoms with van der Waals surface area (Å²) in [6.07, 6.45) is 1.30. The molecule has 1 heterocycles. The van der Waals surface area contributed by atoms with Crippen molar-refractivity contribution in [3.63, 3.8) is 0 Å². The molecule has 0 spiro atoms. The number of rotatable bonds is 10. The summed E-state index contributed by atoms with van der Waals surface area (Å²) in [5, 5.41) is 34.8. The molecule has 4 saturated carbocycles. The minimum absolute atomic E-state index is 0.0684. The van der Waals surface area contributed by atoms with Gasteiger partial charge in [0.05, 0.1) is 15.7 Å². The van der Waals surface area contributed by atoms with E-state index in [1.165, 1.54) is 0 Å². The summed E-state index contributed by atoms with van der Waals surface area (Å²) in [4.78, 5) is 0. The van der Waals surface area contributed by atoms with E-state index in [-0.39, 0.29) is 54.3 Å². The summed E-state index contributed by atoms with van der Waals surface area (Å²) in [6, 6.07) is -0.269. The number of nitrogens with one attached hydrogen (secondary N) is 5. The van der Waals surface area contributed by atoms with E-state index in [1.54, 1.807) is 0 Å². The molecule has 4 aliphatic carbocycles. The average molecular weight is 726 g/mol. The van der Waals surface area contributed by atoms with Gasteiger partial charge in [0, 0.05) is 29.4 Å². The summed E-state index contributed by atoms with van der Waals surface area (Å²) in [5.74, 6) is -1.13. The van der Waals surface area contributed by atoms with E-state index in [0.29, 0.717) is 44.9 Å². The predicted octanol–water partition coefficient (Wildman–Crippen LogP) is -0.844. The van der Waals surface area contributed by atoms with Crippen LogP contribution in [0.15, 0.2) is 0 Å². The van der Waals surface area contributed by atoms with Gasteiger partial charge >= 0.3 is 0 Å². The zero-order valence-corrected chi connectivity index (χ0v) is 27.5. The van der Waals surface area contributed by atoms with Crippen LogP contribution in [-0.4, -0.2) is 101 Å². The molecule has 0 aromatic carbocycles. The van der Waals surface area contributed by atoms with Crippen molar-refractivity contribution in [2.45, 2.75) is 116 Å². The maximum atomic E-state index is 12.2. The molecule has 0 amide bonds. The monoisotopic (exact) mass is 725 g/mol. The van der Waals surface area contributed by atoms with Crippen molar-refractivity contribution in [3.8, 4) is 0 Å². The van der Waals surface area contributed by atoms with Crippen molar-refractivity contribution in [2.24, 2.45) is 23.7 Å². The van der Waals surface area contributed by atoms with Gasteiger partial charge < -0.3 is 5.11 Å². The van der Waals surface area contributed by atoms with Crippen LogP contribution in [-0.2, 0) is 39.7 Å². The molecule has 13 unspecified atom stereocenters. The lowest BCUT2D eigenvalue weighted by Gasteiger charge is -2.47. The Bertz CT molecular complexity index is 1360. The van der Waals surface area contributed by atoms with Crippen LogP contribution in [0.4, 0.5) is 0 Å². The Morgan fingerprint density at radius 2 is 1.16 bits per heavy atom. The molecule has 0 bridgehead atoms. The van der Waals surface area contributed by atoms with E-state index in [4.69, 9.17) is 5.26 Å². The minimum atomic E-state index is -4.52. The second-order valence-electron chi connectivity index (χ2n) is 13.0. The van der Waals surface area contributed by atoms with Crippen molar-refractivity contribution < 1.29 is 58.6 Å². The molecule has 0 radical (unpaired) electrons. The summed E-state index contributed by atoms with van der Waals surface area (Å²) in [7, 11) is -13.3. The number of aliphatic hydroxyl groups excluding tert-OH is 1. The fourth-order valence-electron chi connectivity index (χ4n) is 8.50. The topological polar surface area (TPSA) is 282 Å². The van der Waals surface area contributed by atoms with Gasteiger partial charge in [0.15, 0.2) is 6.35 Å². The third-order valence-corrected chi connectivity index (χ3v) is 15.0. The molecule has 18 nitrogen and oxygen atoms in total. The molecule has 5 rings (SSSR count). The van der Waals surface area contributed by atoms with Crippen molar-refractivity contribution in [1.82, 2.24) is 26.6 Å². The predicted molar refractivity (Wildman–Crippen MR) is 159 cm³/mol. The Hall–Kier alpha value is -0.280. The van der Waals surface area contributed by atoms with Gasteiger partial charge in [0.25, 0.3) is 30.4 Å². The zero-order valence-electron chi connectivity index (χ0n) is 24.2. The lowest BCUT2D eigenvalue weighted by molar-refractivity contribution is -0.432. The molecular weight excluding hydrogens is 683 g/mol. The molecule has 22 heteroatoms. The SMILES string of the molecule is O=S(=O)(O)C1CC2CC(NC3NC(O)NC(NC4CCC5C(C4)CC(SOOO)CC5S(=O)(=O)O)N3)CCC2C(S(=O)(=O)O)C1. The van der Waals surface area contributed by atoms with E-state index in [0.717, 1.165) is 12.0 Å². The van der Waals surface area contributed by atoms with Crippen LogP contribution in [0.1, 0.15) is 64.2 Å². The molecular formula is C23H43N5O13S4. The first-order valence-corrected chi connectivity index (χ1v) is 20.3. The number of hydrogen-bond donors (Lipinski definition) is 10. The van der Waals surface area contributed by atoms with Crippen LogP contribution < -0.4 is 26.6 Å². The first kappa shape index (κ1) is 36.0. The fourth-order valence-corrected chi connectivity index (χ4v) is 13.0. The van der Waals surface area contributed by atoms with Gasteiger partial charge in [-0.3, -0.25) is 40.2 Å². The molecule has 1 saturated heterocycles. The normalized spacial score (nSPS) is 43.3. The van der Waals surface area contributed by atoms with Gasteiger partial charge in [0.2, 0.25) is 0 Å². The van der Waals surface area contributed by atoms with Crippen molar-refractivity contribution in [1.29, 1.82) is 0 Å². The van der Waals surface area contributed by atoms with Gasteiger partial charge in [-0.15, -0.1) is 4.33 Å². The van der Waals surface area contributed by atoms with Crippen LogP contribution in [0.2, 0.25) is 0 Å². The largest absolute Gasteiger partial charge is 0.365 e. The highest BCUT2D eigenvalue weighted by molar-refractivity contribution is 7.95. The third-order valence-electron chi connectivity index (χ3n) is 10.3. The van der Waals surface area contributed by atoms with E-state index < -0.39 is 71.0 Å².